The Balaban J connectivity index is 2.15. The molecule has 1 N–H and O–H groups in total. The monoisotopic (exact) mass is 294 g/mol. The van der Waals surface area contributed by atoms with Crippen molar-refractivity contribution in [2.24, 2.45) is 0 Å². The molecule has 1 heterocycles. The molecule has 0 radical (unpaired) electrons. The summed E-state index contributed by atoms with van der Waals surface area (Å²) < 4.78 is 14.1. The van der Waals surface area contributed by atoms with Gasteiger partial charge < -0.3 is 5.11 Å². The molecule has 2 aromatic rings. The van der Waals surface area contributed by atoms with Crippen LogP contribution in [0.3, 0.4) is 0 Å². The molecule has 19 heavy (non-hydrogen) atoms. The van der Waals surface area contributed by atoms with E-state index in [0.717, 1.165) is 14.9 Å². The Morgan fingerprint density at radius 2 is 2.26 bits per heavy atom. The lowest BCUT2D eigenvalue weighted by molar-refractivity contribution is 0.350. The van der Waals surface area contributed by atoms with E-state index in [0.29, 0.717) is 11.3 Å². The number of thioether (sulfide) groups is 1. The van der Waals surface area contributed by atoms with E-state index >= 15 is 0 Å². The maximum absolute atomic E-state index is 13.2. The maximum atomic E-state index is 13.2. The number of aromatic nitrogens is 2. The minimum absolute atomic E-state index is 0.237. The van der Waals surface area contributed by atoms with Crippen molar-refractivity contribution in [1.29, 1.82) is 0 Å². The summed E-state index contributed by atoms with van der Waals surface area (Å²) in [7, 11) is 0. The molecular formula is C13H11FN2OS2. The first-order valence-electron chi connectivity index (χ1n) is 5.50. The third-order valence-electron chi connectivity index (χ3n) is 2.23. The molecule has 0 unspecified atom stereocenters. The molecule has 0 aliphatic heterocycles. The number of rotatable bonds is 3. The number of hydrogen-bond donors (Lipinski definition) is 1. The first-order valence-corrected chi connectivity index (χ1v) is 7.30. The zero-order valence-corrected chi connectivity index (χ0v) is 11.8. The van der Waals surface area contributed by atoms with Crippen molar-refractivity contribution >= 4 is 23.1 Å². The van der Waals surface area contributed by atoms with Gasteiger partial charge in [-0.3, -0.25) is 0 Å². The van der Waals surface area contributed by atoms with E-state index in [1.165, 1.54) is 23.5 Å². The molecule has 1 aromatic heterocycles. The number of halogens is 1. The summed E-state index contributed by atoms with van der Waals surface area (Å²) in [5, 5.41) is 17.6. The summed E-state index contributed by atoms with van der Waals surface area (Å²) in [4.78, 5) is 0. The third-order valence-corrected chi connectivity index (χ3v) is 4.25. The minimum atomic E-state index is -0.331. The summed E-state index contributed by atoms with van der Waals surface area (Å²) >= 11 is 3.06. The van der Waals surface area contributed by atoms with Gasteiger partial charge in [0.1, 0.15) is 17.4 Å². The molecule has 3 nitrogen and oxygen atoms in total. The molecule has 1 aromatic carbocycles. The molecule has 0 saturated carbocycles. The molecule has 0 fully saturated rings. The average molecular weight is 294 g/mol. The minimum Gasteiger partial charge on any atom is -0.384 e. The number of hydrogen-bond acceptors (Lipinski definition) is 5. The van der Waals surface area contributed by atoms with E-state index in [-0.39, 0.29) is 12.4 Å². The predicted octanol–water partition coefficient (Wildman–Crippen LogP) is 2.62. The first-order chi connectivity index (χ1) is 9.19. The van der Waals surface area contributed by atoms with Crippen LogP contribution in [0, 0.1) is 24.6 Å². The van der Waals surface area contributed by atoms with Gasteiger partial charge in [0.05, 0.1) is 0 Å². The molecule has 0 amide bonds. The number of aliphatic hydroxyl groups is 1. The highest BCUT2D eigenvalue weighted by Gasteiger charge is 2.06. The van der Waals surface area contributed by atoms with Gasteiger partial charge in [-0.15, -0.1) is 10.2 Å². The molecule has 6 heteroatoms. The van der Waals surface area contributed by atoms with Gasteiger partial charge in [-0.1, -0.05) is 41.0 Å². The van der Waals surface area contributed by atoms with E-state index in [2.05, 4.69) is 22.0 Å². The van der Waals surface area contributed by atoms with Gasteiger partial charge >= 0.3 is 0 Å². The van der Waals surface area contributed by atoms with Crippen LogP contribution in [0.5, 0.6) is 0 Å². The summed E-state index contributed by atoms with van der Waals surface area (Å²) in [6.07, 6.45) is 0. The molecule has 0 bridgehead atoms. The lowest BCUT2D eigenvalue weighted by atomic mass is 10.1. The summed E-state index contributed by atoms with van der Waals surface area (Å²) in [5.74, 6) is 5.61. The van der Waals surface area contributed by atoms with Crippen molar-refractivity contribution in [3.8, 4) is 11.8 Å². The van der Waals surface area contributed by atoms with Crippen LogP contribution in [0.4, 0.5) is 4.39 Å². The van der Waals surface area contributed by atoms with Crippen LogP contribution in [-0.4, -0.2) is 21.9 Å². The second-order valence-electron chi connectivity index (χ2n) is 3.64. The van der Waals surface area contributed by atoms with Gasteiger partial charge in [0, 0.05) is 11.3 Å². The van der Waals surface area contributed by atoms with E-state index < -0.39 is 0 Å². The molecule has 0 saturated heterocycles. The van der Waals surface area contributed by atoms with Crippen LogP contribution in [0.2, 0.25) is 0 Å². The molecule has 98 valence electrons. The molecule has 0 spiro atoms. The summed E-state index contributed by atoms with van der Waals surface area (Å²) in [5.41, 5.74) is 1.52. The van der Waals surface area contributed by atoms with Crippen molar-refractivity contribution in [3.05, 3.63) is 40.2 Å². The van der Waals surface area contributed by atoms with E-state index in [1.807, 2.05) is 6.92 Å². The van der Waals surface area contributed by atoms with Gasteiger partial charge in [-0.05, 0) is 24.6 Å². The van der Waals surface area contributed by atoms with Gasteiger partial charge in [0.25, 0.3) is 0 Å². The van der Waals surface area contributed by atoms with Crippen molar-refractivity contribution in [2.45, 2.75) is 17.0 Å². The van der Waals surface area contributed by atoms with Crippen LogP contribution in [0.25, 0.3) is 0 Å². The van der Waals surface area contributed by atoms with Crippen molar-refractivity contribution in [3.63, 3.8) is 0 Å². The zero-order valence-electron chi connectivity index (χ0n) is 10.2. The lowest BCUT2D eigenvalue weighted by Crippen LogP contribution is -1.90. The van der Waals surface area contributed by atoms with Crippen LogP contribution in [0.15, 0.2) is 22.5 Å². The standard InChI is InChI=1S/C13H11FN2OS2/c1-9-15-16-13(19-9)18-8-11-4-5-12(14)7-10(11)3-2-6-17/h4-5,7,17H,6,8H2,1H3. The Morgan fingerprint density at radius 1 is 1.42 bits per heavy atom. The number of aryl methyl sites for hydroxylation is 1. The normalized spacial score (nSPS) is 10.1. The SMILES string of the molecule is Cc1nnc(SCc2ccc(F)cc2C#CCO)s1. The van der Waals surface area contributed by atoms with Crippen molar-refractivity contribution < 1.29 is 9.50 Å². The Kier molecular flexibility index (Phi) is 4.91. The Bertz CT molecular complexity index is 631. The van der Waals surface area contributed by atoms with Gasteiger partial charge in [0.2, 0.25) is 0 Å². The van der Waals surface area contributed by atoms with Crippen LogP contribution < -0.4 is 0 Å². The quantitative estimate of drug-likeness (QED) is 0.698. The Labute approximate surface area is 118 Å². The van der Waals surface area contributed by atoms with E-state index in [9.17, 15) is 4.39 Å². The van der Waals surface area contributed by atoms with Gasteiger partial charge in [0.15, 0.2) is 4.34 Å². The summed E-state index contributed by atoms with van der Waals surface area (Å²) in [6, 6.07) is 4.49. The average Bonchev–Trinajstić information content (AvgIpc) is 2.81. The van der Waals surface area contributed by atoms with E-state index in [1.54, 1.807) is 17.8 Å². The fourth-order valence-electron chi connectivity index (χ4n) is 1.40. The molecular weight excluding hydrogens is 283 g/mol. The number of aliphatic hydroxyl groups excluding tert-OH is 1. The zero-order chi connectivity index (χ0) is 13.7. The van der Waals surface area contributed by atoms with Crippen molar-refractivity contribution in [1.82, 2.24) is 10.2 Å². The van der Waals surface area contributed by atoms with Gasteiger partial charge in [-0.25, -0.2) is 4.39 Å². The Hall–Kier alpha value is -1.42. The highest BCUT2D eigenvalue weighted by molar-refractivity contribution is 8.00. The molecule has 0 atom stereocenters. The largest absolute Gasteiger partial charge is 0.384 e. The third kappa shape index (κ3) is 4.03. The topological polar surface area (TPSA) is 46.0 Å². The van der Waals surface area contributed by atoms with Crippen molar-refractivity contribution in [2.75, 3.05) is 6.61 Å². The smallest absolute Gasteiger partial charge is 0.174 e. The van der Waals surface area contributed by atoms with Crippen LogP contribution in [-0.2, 0) is 5.75 Å². The second-order valence-corrected chi connectivity index (χ2v) is 6.04. The predicted molar refractivity (Wildman–Crippen MR) is 74.6 cm³/mol. The second kappa shape index (κ2) is 6.66. The number of benzene rings is 1. The van der Waals surface area contributed by atoms with E-state index in [4.69, 9.17) is 5.11 Å². The molecule has 0 aliphatic carbocycles. The van der Waals surface area contributed by atoms with Gasteiger partial charge in [-0.2, -0.15) is 0 Å². The Morgan fingerprint density at radius 3 is 2.95 bits per heavy atom. The fourth-order valence-corrected chi connectivity index (χ4v) is 3.22. The molecule has 2 rings (SSSR count). The maximum Gasteiger partial charge on any atom is 0.174 e. The van der Waals surface area contributed by atoms with Crippen LogP contribution in [0.1, 0.15) is 16.1 Å². The molecule has 0 aliphatic rings. The van der Waals surface area contributed by atoms with Crippen LogP contribution >= 0.6 is 23.1 Å². The first kappa shape index (κ1) is 14.0. The lowest BCUT2D eigenvalue weighted by Gasteiger charge is -2.03. The fraction of sp³-hybridized carbons (Fsp3) is 0.231. The number of nitrogens with zero attached hydrogens (tertiary/aromatic N) is 2. The highest BCUT2D eigenvalue weighted by atomic mass is 32.2. The summed E-state index contributed by atoms with van der Waals surface area (Å²) in [6.45, 7) is 1.66. The highest BCUT2D eigenvalue weighted by Crippen LogP contribution is 2.27.